The molecule has 0 radical (unpaired) electrons. The number of halogens is 3. The summed E-state index contributed by atoms with van der Waals surface area (Å²) < 4.78 is 47.9. The van der Waals surface area contributed by atoms with Crippen molar-refractivity contribution in [2.45, 2.75) is 11.1 Å². The van der Waals surface area contributed by atoms with Gasteiger partial charge in [0, 0.05) is 12.3 Å². The molecule has 88 valence electrons. The standard InChI is InChI=1S/C8H6F3NO3S/c1-16(15)7-3-2-5(8(9,10)11)4-6(7)12(13)14/h2-4H,1H3/t16-/m0/s1. The molecule has 0 aliphatic rings. The van der Waals surface area contributed by atoms with E-state index in [4.69, 9.17) is 0 Å². The number of nitro groups is 1. The maximum atomic E-state index is 12.3. The Morgan fingerprint density at radius 2 is 1.94 bits per heavy atom. The highest BCUT2D eigenvalue weighted by molar-refractivity contribution is 7.84. The van der Waals surface area contributed by atoms with Crippen molar-refractivity contribution in [2.24, 2.45) is 0 Å². The second-order valence-electron chi connectivity index (χ2n) is 2.89. The molecule has 0 bridgehead atoms. The lowest BCUT2D eigenvalue weighted by molar-refractivity contribution is -0.388. The van der Waals surface area contributed by atoms with Gasteiger partial charge in [0.2, 0.25) is 0 Å². The lowest BCUT2D eigenvalue weighted by Gasteiger charge is -2.07. The van der Waals surface area contributed by atoms with Crippen molar-refractivity contribution in [3.8, 4) is 0 Å². The van der Waals surface area contributed by atoms with Crippen molar-refractivity contribution >= 4 is 16.5 Å². The summed E-state index contributed by atoms with van der Waals surface area (Å²) in [4.78, 5) is 9.30. The summed E-state index contributed by atoms with van der Waals surface area (Å²) in [5.41, 5.74) is -1.91. The first kappa shape index (κ1) is 12.6. The first-order chi connectivity index (χ1) is 7.23. The Morgan fingerprint density at radius 1 is 1.38 bits per heavy atom. The highest BCUT2D eigenvalue weighted by Crippen LogP contribution is 2.33. The minimum absolute atomic E-state index is 0.224. The molecule has 0 amide bonds. The van der Waals surface area contributed by atoms with Crippen LogP contribution in [0.5, 0.6) is 0 Å². The number of nitro benzene ring substituents is 1. The van der Waals surface area contributed by atoms with Gasteiger partial charge in [-0.15, -0.1) is 0 Å². The van der Waals surface area contributed by atoms with Crippen LogP contribution in [0, 0.1) is 10.1 Å². The van der Waals surface area contributed by atoms with Crippen LogP contribution in [0.3, 0.4) is 0 Å². The number of alkyl halides is 3. The molecule has 0 heterocycles. The maximum Gasteiger partial charge on any atom is 0.416 e. The first-order valence-corrected chi connectivity index (χ1v) is 5.48. The van der Waals surface area contributed by atoms with E-state index < -0.39 is 33.2 Å². The summed E-state index contributed by atoms with van der Waals surface area (Å²) in [6, 6.07) is 1.91. The van der Waals surface area contributed by atoms with Crippen LogP contribution in [0.15, 0.2) is 23.1 Å². The molecule has 4 nitrogen and oxygen atoms in total. The molecule has 0 aliphatic carbocycles. The number of benzene rings is 1. The number of hydrogen-bond donors (Lipinski definition) is 0. The molecule has 0 aromatic heterocycles. The van der Waals surface area contributed by atoms with Gasteiger partial charge in [-0.2, -0.15) is 13.2 Å². The molecular weight excluding hydrogens is 247 g/mol. The van der Waals surface area contributed by atoms with Crippen molar-refractivity contribution in [3.63, 3.8) is 0 Å². The van der Waals surface area contributed by atoms with Crippen molar-refractivity contribution in [1.29, 1.82) is 0 Å². The average Bonchev–Trinajstić information content (AvgIpc) is 2.15. The smallest absolute Gasteiger partial charge is 0.258 e. The van der Waals surface area contributed by atoms with Gasteiger partial charge in [0.15, 0.2) is 0 Å². The van der Waals surface area contributed by atoms with Gasteiger partial charge < -0.3 is 0 Å². The third-order valence-corrected chi connectivity index (χ3v) is 2.76. The summed E-state index contributed by atoms with van der Waals surface area (Å²) in [5, 5.41) is 10.5. The normalized spacial score (nSPS) is 13.5. The second-order valence-corrected chi connectivity index (χ2v) is 4.24. The molecule has 1 rings (SSSR count). The van der Waals surface area contributed by atoms with Crippen LogP contribution < -0.4 is 0 Å². The van der Waals surface area contributed by atoms with E-state index in [0.717, 1.165) is 12.3 Å². The average molecular weight is 253 g/mol. The summed E-state index contributed by atoms with van der Waals surface area (Å²) in [7, 11) is -1.71. The Balaban J connectivity index is 3.40. The van der Waals surface area contributed by atoms with Gasteiger partial charge in [-0.1, -0.05) is 0 Å². The number of hydrogen-bond acceptors (Lipinski definition) is 3. The highest BCUT2D eigenvalue weighted by Gasteiger charge is 2.33. The van der Waals surface area contributed by atoms with E-state index in [0.29, 0.717) is 12.1 Å². The van der Waals surface area contributed by atoms with Gasteiger partial charge in [0.1, 0.15) is 4.90 Å². The molecule has 0 N–H and O–H groups in total. The van der Waals surface area contributed by atoms with Crippen LogP contribution in [0.25, 0.3) is 0 Å². The zero-order valence-electron chi connectivity index (χ0n) is 7.95. The van der Waals surface area contributed by atoms with Crippen LogP contribution in [0.4, 0.5) is 18.9 Å². The molecule has 8 heteroatoms. The number of nitrogens with zero attached hydrogens (tertiary/aromatic N) is 1. The molecule has 0 saturated heterocycles. The highest BCUT2D eigenvalue weighted by atomic mass is 32.2. The summed E-state index contributed by atoms with van der Waals surface area (Å²) >= 11 is 0. The zero-order chi connectivity index (χ0) is 12.5. The lowest BCUT2D eigenvalue weighted by atomic mass is 10.2. The maximum absolute atomic E-state index is 12.3. The van der Waals surface area contributed by atoms with E-state index >= 15 is 0 Å². The van der Waals surface area contributed by atoms with Gasteiger partial charge in [-0.25, -0.2) is 0 Å². The van der Waals surface area contributed by atoms with Crippen LogP contribution in [0.1, 0.15) is 5.56 Å². The van der Waals surface area contributed by atoms with Gasteiger partial charge in [0.25, 0.3) is 5.69 Å². The Hall–Kier alpha value is -1.44. The van der Waals surface area contributed by atoms with Crippen molar-refractivity contribution in [1.82, 2.24) is 0 Å². The SMILES string of the molecule is C[S@](=O)c1ccc(C(F)(F)F)cc1[N+](=O)[O-]. The Bertz CT molecular complexity index is 458. The molecule has 1 atom stereocenters. The molecule has 0 spiro atoms. The monoisotopic (exact) mass is 253 g/mol. The quantitative estimate of drug-likeness (QED) is 0.600. The minimum atomic E-state index is -4.65. The fourth-order valence-electron chi connectivity index (χ4n) is 1.08. The molecule has 1 aromatic rings. The van der Waals surface area contributed by atoms with Crippen LogP contribution in [-0.4, -0.2) is 15.4 Å². The Morgan fingerprint density at radius 3 is 2.31 bits per heavy atom. The van der Waals surface area contributed by atoms with Gasteiger partial charge in [-0.05, 0) is 12.1 Å². The van der Waals surface area contributed by atoms with Crippen molar-refractivity contribution in [2.75, 3.05) is 6.26 Å². The molecule has 0 aliphatic heterocycles. The zero-order valence-corrected chi connectivity index (χ0v) is 8.76. The molecule has 1 aromatic carbocycles. The molecule has 0 saturated carbocycles. The van der Waals surface area contributed by atoms with Crippen LogP contribution in [-0.2, 0) is 17.0 Å². The fourth-order valence-corrected chi connectivity index (χ4v) is 1.77. The predicted octanol–water partition coefficient (Wildman–Crippen LogP) is 2.35. The summed E-state index contributed by atoms with van der Waals surface area (Å²) in [6.07, 6.45) is -3.49. The van der Waals surface area contributed by atoms with E-state index in [1.54, 1.807) is 0 Å². The largest absolute Gasteiger partial charge is 0.416 e. The van der Waals surface area contributed by atoms with Gasteiger partial charge >= 0.3 is 6.18 Å². The summed E-state index contributed by atoms with van der Waals surface area (Å²) in [6.45, 7) is 0. The van der Waals surface area contributed by atoms with E-state index in [1.807, 2.05) is 0 Å². The topological polar surface area (TPSA) is 60.2 Å². The van der Waals surface area contributed by atoms with Gasteiger partial charge in [0.05, 0.1) is 21.3 Å². The molecule has 16 heavy (non-hydrogen) atoms. The first-order valence-electron chi connectivity index (χ1n) is 3.92. The Kier molecular flexibility index (Phi) is 3.32. The van der Waals surface area contributed by atoms with Crippen LogP contribution >= 0.6 is 0 Å². The third kappa shape index (κ3) is 2.57. The van der Waals surface area contributed by atoms with E-state index in [9.17, 15) is 27.5 Å². The van der Waals surface area contributed by atoms with Crippen molar-refractivity contribution < 1.29 is 22.3 Å². The van der Waals surface area contributed by atoms with E-state index in [-0.39, 0.29) is 4.90 Å². The minimum Gasteiger partial charge on any atom is -0.258 e. The summed E-state index contributed by atoms with van der Waals surface area (Å²) in [5.74, 6) is 0. The van der Waals surface area contributed by atoms with Crippen LogP contribution in [0.2, 0.25) is 0 Å². The Labute approximate surface area is 90.7 Å². The third-order valence-electron chi connectivity index (χ3n) is 1.79. The second kappa shape index (κ2) is 4.20. The molecule has 0 unspecified atom stereocenters. The fraction of sp³-hybridized carbons (Fsp3) is 0.250. The molecular formula is C8H6F3NO3S. The predicted molar refractivity (Wildman–Crippen MR) is 50.4 cm³/mol. The number of rotatable bonds is 2. The molecule has 0 fully saturated rings. The van der Waals surface area contributed by atoms with Crippen molar-refractivity contribution in [3.05, 3.63) is 33.9 Å². The van der Waals surface area contributed by atoms with E-state index in [1.165, 1.54) is 0 Å². The van der Waals surface area contributed by atoms with Gasteiger partial charge in [-0.3, -0.25) is 14.3 Å². The van der Waals surface area contributed by atoms with E-state index in [2.05, 4.69) is 0 Å². The lowest BCUT2D eigenvalue weighted by Crippen LogP contribution is -2.07.